The van der Waals surface area contributed by atoms with E-state index < -0.39 is 5.60 Å². The Morgan fingerprint density at radius 1 is 1.43 bits per heavy atom. The number of benzene rings is 1. The van der Waals surface area contributed by atoms with Gasteiger partial charge in [0, 0.05) is 10.9 Å². The summed E-state index contributed by atoms with van der Waals surface area (Å²) in [7, 11) is 0. The predicted octanol–water partition coefficient (Wildman–Crippen LogP) is 3.39. The van der Waals surface area contributed by atoms with Crippen molar-refractivity contribution < 1.29 is 19.4 Å². The molecule has 1 aromatic carbocycles. The summed E-state index contributed by atoms with van der Waals surface area (Å²) < 4.78 is 11.3. The summed E-state index contributed by atoms with van der Waals surface area (Å²) in [6.45, 7) is 4.83. The van der Waals surface area contributed by atoms with Crippen LogP contribution in [0.15, 0.2) is 18.2 Å². The molecular weight excluding hydrogens is 294 g/mol. The van der Waals surface area contributed by atoms with Crippen molar-refractivity contribution >= 4 is 16.9 Å². The van der Waals surface area contributed by atoms with Crippen molar-refractivity contribution in [3.8, 4) is 5.75 Å². The highest BCUT2D eigenvalue weighted by Gasteiger charge is 2.41. The second kappa shape index (κ2) is 6.24. The number of carbonyl (C=O) groups is 1. The van der Waals surface area contributed by atoms with Crippen LogP contribution in [0.2, 0.25) is 0 Å². The van der Waals surface area contributed by atoms with Crippen molar-refractivity contribution in [2.75, 3.05) is 13.2 Å². The topological polar surface area (TPSA) is 71.5 Å². The number of phenolic OH excluding ortho intramolecular Hbond substituents is 1. The Kier molecular flexibility index (Phi) is 4.31. The molecule has 1 unspecified atom stereocenters. The molecule has 0 bridgehead atoms. The van der Waals surface area contributed by atoms with Gasteiger partial charge in [-0.15, -0.1) is 0 Å². The molecule has 5 nitrogen and oxygen atoms in total. The molecule has 23 heavy (non-hydrogen) atoms. The van der Waals surface area contributed by atoms with Gasteiger partial charge in [-0.3, -0.25) is 4.79 Å². The van der Waals surface area contributed by atoms with E-state index in [4.69, 9.17) is 9.47 Å². The van der Waals surface area contributed by atoms with Gasteiger partial charge in [0.15, 0.2) is 0 Å². The maximum absolute atomic E-state index is 12.1. The standard InChI is InChI=1S/C18H23NO4/c1-3-8-18(11-16(21)22-4-2)17-13(7-9-23-18)14-10-12(20)5-6-15(14)19-17/h5-6,10,19-20H,3-4,7-9,11H2,1-2H3. The summed E-state index contributed by atoms with van der Waals surface area (Å²) in [5, 5.41) is 10.8. The third-order valence-corrected chi connectivity index (χ3v) is 4.46. The monoisotopic (exact) mass is 317 g/mol. The number of aromatic amines is 1. The molecule has 0 spiro atoms. The van der Waals surface area contributed by atoms with E-state index in [2.05, 4.69) is 11.9 Å². The minimum atomic E-state index is -0.663. The summed E-state index contributed by atoms with van der Waals surface area (Å²) in [6, 6.07) is 5.30. The van der Waals surface area contributed by atoms with E-state index in [1.165, 1.54) is 0 Å². The number of nitrogens with one attached hydrogen (secondary N) is 1. The minimum Gasteiger partial charge on any atom is -0.508 e. The molecule has 0 saturated carbocycles. The van der Waals surface area contributed by atoms with Crippen LogP contribution in [-0.4, -0.2) is 29.3 Å². The van der Waals surface area contributed by atoms with E-state index in [0.29, 0.717) is 13.2 Å². The molecule has 1 atom stereocenters. The van der Waals surface area contributed by atoms with E-state index in [1.54, 1.807) is 12.1 Å². The lowest BCUT2D eigenvalue weighted by molar-refractivity contribution is -0.155. The number of carbonyl (C=O) groups excluding carboxylic acids is 1. The van der Waals surface area contributed by atoms with Gasteiger partial charge in [0.05, 0.1) is 25.3 Å². The Bertz CT molecular complexity index is 721. The smallest absolute Gasteiger partial charge is 0.309 e. The molecule has 0 fully saturated rings. The molecule has 0 aliphatic carbocycles. The minimum absolute atomic E-state index is 0.209. The normalized spacial score (nSPS) is 20.4. The van der Waals surface area contributed by atoms with Crippen LogP contribution in [0, 0.1) is 0 Å². The van der Waals surface area contributed by atoms with Crippen molar-refractivity contribution in [2.24, 2.45) is 0 Å². The average Bonchev–Trinajstić information content (AvgIpc) is 2.87. The molecule has 0 amide bonds. The molecule has 0 saturated heterocycles. The predicted molar refractivity (Wildman–Crippen MR) is 87.5 cm³/mol. The molecule has 2 aromatic rings. The van der Waals surface area contributed by atoms with E-state index in [0.717, 1.165) is 41.4 Å². The van der Waals surface area contributed by atoms with Crippen LogP contribution in [-0.2, 0) is 26.3 Å². The van der Waals surface area contributed by atoms with Crippen molar-refractivity contribution in [2.45, 2.75) is 45.1 Å². The van der Waals surface area contributed by atoms with Gasteiger partial charge in [-0.25, -0.2) is 0 Å². The molecular formula is C18H23NO4. The van der Waals surface area contributed by atoms with E-state index in [-0.39, 0.29) is 18.1 Å². The molecule has 2 N–H and O–H groups in total. The first-order valence-corrected chi connectivity index (χ1v) is 8.23. The fraction of sp³-hybridized carbons (Fsp3) is 0.500. The van der Waals surface area contributed by atoms with Crippen molar-refractivity contribution in [3.63, 3.8) is 0 Å². The highest BCUT2D eigenvalue weighted by Crippen LogP contribution is 2.43. The number of aromatic nitrogens is 1. The maximum Gasteiger partial charge on any atom is 0.309 e. The Hall–Kier alpha value is -2.01. The van der Waals surface area contributed by atoms with E-state index in [9.17, 15) is 9.90 Å². The summed E-state index contributed by atoms with van der Waals surface area (Å²) in [6.07, 6.45) is 2.63. The lowest BCUT2D eigenvalue weighted by atomic mass is 9.85. The molecule has 0 radical (unpaired) electrons. The van der Waals surface area contributed by atoms with Gasteiger partial charge in [-0.1, -0.05) is 13.3 Å². The van der Waals surface area contributed by atoms with Crippen molar-refractivity contribution in [1.82, 2.24) is 4.98 Å². The average molecular weight is 317 g/mol. The van der Waals surface area contributed by atoms with Gasteiger partial charge in [-0.05, 0) is 43.5 Å². The van der Waals surface area contributed by atoms with Crippen LogP contribution in [0.4, 0.5) is 0 Å². The highest BCUT2D eigenvalue weighted by molar-refractivity contribution is 5.87. The summed E-state index contributed by atoms with van der Waals surface area (Å²) in [4.78, 5) is 15.5. The number of rotatable bonds is 5. The van der Waals surface area contributed by atoms with Gasteiger partial charge in [0.1, 0.15) is 11.4 Å². The van der Waals surface area contributed by atoms with Crippen LogP contribution in [0.3, 0.4) is 0 Å². The van der Waals surface area contributed by atoms with E-state index in [1.807, 2.05) is 13.0 Å². The van der Waals surface area contributed by atoms with E-state index >= 15 is 0 Å². The van der Waals surface area contributed by atoms with Crippen LogP contribution in [0.25, 0.3) is 10.9 Å². The Morgan fingerprint density at radius 3 is 3.00 bits per heavy atom. The molecule has 2 heterocycles. The number of H-pyrrole nitrogens is 1. The van der Waals surface area contributed by atoms with Gasteiger partial charge in [0.2, 0.25) is 0 Å². The van der Waals surface area contributed by atoms with Gasteiger partial charge in [-0.2, -0.15) is 0 Å². The van der Waals surface area contributed by atoms with Gasteiger partial charge >= 0.3 is 5.97 Å². The number of aromatic hydroxyl groups is 1. The second-order valence-corrected chi connectivity index (χ2v) is 6.03. The Labute approximate surface area is 135 Å². The first-order chi connectivity index (χ1) is 11.1. The summed E-state index contributed by atoms with van der Waals surface area (Å²) in [5.74, 6) is 0.00702. The number of esters is 1. The Balaban J connectivity index is 2.09. The SMILES string of the molecule is CCCC1(CC(=O)OCC)OCCc2c1[nH]c1ccc(O)cc21. The number of phenols is 1. The number of hydrogen-bond acceptors (Lipinski definition) is 4. The van der Waals surface area contributed by atoms with Crippen LogP contribution >= 0.6 is 0 Å². The molecule has 1 aliphatic rings. The first-order valence-electron chi connectivity index (χ1n) is 8.23. The molecule has 1 aliphatic heterocycles. The van der Waals surface area contributed by atoms with Crippen molar-refractivity contribution in [1.29, 1.82) is 0 Å². The van der Waals surface area contributed by atoms with Crippen LogP contribution in [0.5, 0.6) is 5.75 Å². The largest absolute Gasteiger partial charge is 0.508 e. The van der Waals surface area contributed by atoms with Gasteiger partial charge < -0.3 is 19.6 Å². The number of hydrogen-bond donors (Lipinski definition) is 2. The van der Waals surface area contributed by atoms with Crippen molar-refractivity contribution in [3.05, 3.63) is 29.5 Å². The number of ether oxygens (including phenoxy) is 2. The lowest BCUT2D eigenvalue weighted by Crippen LogP contribution is -2.38. The highest BCUT2D eigenvalue weighted by atomic mass is 16.5. The first kappa shape index (κ1) is 15.9. The van der Waals surface area contributed by atoms with Gasteiger partial charge in [0.25, 0.3) is 0 Å². The zero-order chi connectivity index (χ0) is 16.4. The quantitative estimate of drug-likeness (QED) is 0.829. The third-order valence-electron chi connectivity index (χ3n) is 4.46. The second-order valence-electron chi connectivity index (χ2n) is 6.03. The molecule has 5 heteroatoms. The molecule has 1 aromatic heterocycles. The number of fused-ring (bicyclic) bond motifs is 3. The van der Waals surface area contributed by atoms with Crippen LogP contribution < -0.4 is 0 Å². The third kappa shape index (κ3) is 2.81. The fourth-order valence-electron chi connectivity index (χ4n) is 3.58. The van der Waals surface area contributed by atoms with Crippen LogP contribution in [0.1, 0.15) is 44.4 Å². The molecule has 124 valence electrons. The maximum atomic E-state index is 12.1. The lowest BCUT2D eigenvalue weighted by Gasteiger charge is -2.36. The molecule has 3 rings (SSSR count). The zero-order valence-corrected chi connectivity index (χ0v) is 13.6. The fourth-order valence-corrected chi connectivity index (χ4v) is 3.58. The summed E-state index contributed by atoms with van der Waals surface area (Å²) in [5.41, 5.74) is 2.39. The zero-order valence-electron chi connectivity index (χ0n) is 13.6. The Morgan fingerprint density at radius 2 is 2.26 bits per heavy atom. The summed E-state index contributed by atoms with van der Waals surface area (Å²) >= 11 is 0.